The van der Waals surface area contributed by atoms with E-state index in [0.29, 0.717) is 18.5 Å². The molecular weight excluding hydrogens is 240 g/mol. The average Bonchev–Trinajstić information content (AvgIpc) is 2.42. The summed E-state index contributed by atoms with van der Waals surface area (Å²) >= 11 is 0. The van der Waals surface area contributed by atoms with Crippen molar-refractivity contribution in [2.24, 2.45) is 5.92 Å². The van der Waals surface area contributed by atoms with Crippen LogP contribution in [0.15, 0.2) is 0 Å². The lowest BCUT2D eigenvalue weighted by Gasteiger charge is -2.33. The first-order valence-corrected chi connectivity index (χ1v) is 7.47. The number of hydrogen-bond acceptors (Lipinski definition) is 4. The Morgan fingerprint density at radius 2 is 1.84 bits per heavy atom. The molecule has 19 heavy (non-hydrogen) atoms. The van der Waals surface area contributed by atoms with E-state index in [0.717, 1.165) is 19.5 Å². The van der Waals surface area contributed by atoms with Gasteiger partial charge < -0.3 is 20.1 Å². The smallest absolute Gasteiger partial charge is 0.0790 e. The molecule has 1 aliphatic rings. The van der Waals surface area contributed by atoms with Crippen molar-refractivity contribution in [3.63, 3.8) is 0 Å². The standard InChI is InChI=1S/C15H32N2O2/c1-7-8-16-13-12(11-17(6)9-10-18)14(2,3)19-15(13,4)5/h12-13,16,18H,7-11H2,1-6H3. The van der Waals surface area contributed by atoms with E-state index < -0.39 is 0 Å². The molecule has 0 aromatic carbocycles. The van der Waals surface area contributed by atoms with Crippen LogP contribution in [0.25, 0.3) is 0 Å². The predicted octanol–water partition coefficient (Wildman–Crippen LogP) is 1.48. The molecule has 1 aliphatic heterocycles. The first kappa shape index (κ1) is 16.9. The van der Waals surface area contributed by atoms with Crippen molar-refractivity contribution >= 4 is 0 Å². The van der Waals surface area contributed by atoms with E-state index in [9.17, 15) is 0 Å². The number of nitrogens with one attached hydrogen (secondary N) is 1. The predicted molar refractivity (Wildman–Crippen MR) is 79.4 cm³/mol. The third-order valence-corrected chi connectivity index (χ3v) is 4.17. The monoisotopic (exact) mass is 272 g/mol. The third kappa shape index (κ3) is 4.15. The van der Waals surface area contributed by atoms with Crippen LogP contribution in [0.5, 0.6) is 0 Å². The fraction of sp³-hybridized carbons (Fsp3) is 1.00. The van der Waals surface area contributed by atoms with Gasteiger partial charge in [0.05, 0.1) is 17.8 Å². The Morgan fingerprint density at radius 1 is 1.21 bits per heavy atom. The van der Waals surface area contributed by atoms with Crippen LogP contribution < -0.4 is 5.32 Å². The van der Waals surface area contributed by atoms with Crippen LogP contribution in [0.1, 0.15) is 41.0 Å². The number of nitrogens with zero attached hydrogens (tertiary/aromatic N) is 1. The highest BCUT2D eigenvalue weighted by Gasteiger charge is 2.53. The summed E-state index contributed by atoms with van der Waals surface area (Å²) in [6.45, 7) is 13.8. The van der Waals surface area contributed by atoms with Crippen molar-refractivity contribution in [3.05, 3.63) is 0 Å². The number of hydrogen-bond donors (Lipinski definition) is 2. The molecule has 0 bridgehead atoms. The van der Waals surface area contributed by atoms with Gasteiger partial charge in [0.15, 0.2) is 0 Å². The maximum atomic E-state index is 9.06. The second-order valence-electron chi connectivity index (χ2n) is 6.83. The van der Waals surface area contributed by atoms with Gasteiger partial charge in [-0.05, 0) is 47.7 Å². The first-order chi connectivity index (χ1) is 8.74. The summed E-state index contributed by atoms with van der Waals surface area (Å²) in [5.74, 6) is 0.422. The van der Waals surface area contributed by atoms with Gasteiger partial charge in [-0.3, -0.25) is 0 Å². The lowest BCUT2D eigenvalue weighted by Crippen LogP contribution is -2.51. The molecule has 4 nitrogen and oxygen atoms in total. The van der Waals surface area contributed by atoms with Crippen LogP contribution in [0.2, 0.25) is 0 Å². The van der Waals surface area contributed by atoms with Crippen LogP contribution in [0.3, 0.4) is 0 Å². The second-order valence-corrected chi connectivity index (χ2v) is 6.83. The van der Waals surface area contributed by atoms with Gasteiger partial charge in [-0.1, -0.05) is 6.92 Å². The van der Waals surface area contributed by atoms with Crippen LogP contribution in [0, 0.1) is 5.92 Å². The molecule has 114 valence electrons. The molecule has 2 atom stereocenters. The van der Waals surface area contributed by atoms with E-state index in [1.165, 1.54) is 0 Å². The van der Waals surface area contributed by atoms with E-state index in [1.54, 1.807) is 0 Å². The number of ether oxygens (including phenoxy) is 1. The Kier molecular flexibility index (Phi) is 5.80. The highest BCUT2D eigenvalue weighted by Crippen LogP contribution is 2.42. The quantitative estimate of drug-likeness (QED) is 0.737. The van der Waals surface area contributed by atoms with E-state index in [1.807, 2.05) is 0 Å². The molecule has 1 heterocycles. The van der Waals surface area contributed by atoms with Crippen molar-refractivity contribution in [1.82, 2.24) is 10.2 Å². The number of aliphatic hydroxyl groups is 1. The van der Waals surface area contributed by atoms with Gasteiger partial charge in [0.25, 0.3) is 0 Å². The van der Waals surface area contributed by atoms with Crippen molar-refractivity contribution in [3.8, 4) is 0 Å². The molecule has 0 amide bonds. The van der Waals surface area contributed by atoms with Gasteiger partial charge in [-0.2, -0.15) is 0 Å². The van der Waals surface area contributed by atoms with Crippen molar-refractivity contribution < 1.29 is 9.84 Å². The zero-order valence-corrected chi connectivity index (χ0v) is 13.5. The maximum absolute atomic E-state index is 9.06. The van der Waals surface area contributed by atoms with Crippen molar-refractivity contribution in [2.75, 3.05) is 33.3 Å². The second kappa shape index (κ2) is 6.53. The summed E-state index contributed by atoms with van der Waals surface area (Å²) < 4.78 is 6.29. The molecule has 0 aromatic heterocycles. The highest BCUT2D eigenvalue weighted by molar-refractivity contribution is 5.06. The molecule has 1 rings (SSSR count). The van der Waals surface area contributed by atoms with E-state index in [-0.39, 0.29) is 17.8 Å². The molecule has 0 aliphatic carbocycles. The minimum Gasteiger partial charge on any atom is -0.395 e. The van der Waals surface area contributed by atoms with Gasteiger partial charge in [0.1, 0.15) is 0 Å². The van der Waals surface area contributed by atoms with E-state index in [2.05, 4.69) is 51.9 Å². The molecular formula is C15H32N2O2. The van der Waals surface area contributed by atoms with Gasteiger partial charge >= 0.3 is 0 Å². The first-order valence-electron chi connectivity index (χ1n) is 7.47. The summed E-state index contributed by atoms with van der Waals surface area (Å²) in [5.41, 5.74) is -0.290. The summed E-state index contributed by atoms with van der Waals surface area (Å²) in [6, 6.07) is 0.351. The Balaban J connectivity index is 2.81. The third-order valence-electron chi connectivity index (χ3n) is 4.17. The minimum atomic E-state index is -0.149. The summed E-state index contributed by atoms with van der Waals surface area (Å²) in [5, 5.41) is 12.7. The topological polar surface area (TPSA) is 44.7 Å². The van der Waals surface area contributed by atoms with Gasteiger partial charge in [-0.15, -0.1) is 0 Å². The molecule has 0 spiro atoms. The van der Waals surface area contributed by atoms with Crippen LogP contribution in [0.4, 0.5) is 0 Å². The van der Waals surface area contributed by atoms with Crippen molar-refractivity contribution in [1.29, 1.82) is 0 Å². The van der Waals surface area contributed by atoms with E-state index in [4.69, 9.17) is 9.84 Å². The number of rotatable bonds is 7. The van der Waals surface area contributed by atoms with E-state index >= 15 is 0 Å². The maximum Gasteiger partial charge on any atom is 0.0790 e. The molecule has 0 radical (unpaired) electrons. The summed E-state index contributed by atoms with van der Waals surface area (Å²) in [7, 11) is 2.06. The lowest BCUT2D eigenvalue weighted by molar-refractivity contribution is -0.0793. The van der Waals surface area contributed by atoms with Crippen molar-refractivity contribution in [2.45, 2.75) is 58.3 Å². The summed E-state index contributed by atoms with van der Waals surface area (Å²) in [6.07, 6.45) is 1.13. The Labute approximate surface area is 118 Å². The van der Waals surface area contributed by atoms with Gasteiger partial charge in [0, 0.05) is 25.0 Å². The molecule has 2 unspecified atom stereocenters. The Morgan fingerprint density at radius 3 is 2.37 bits per heavy atom. The van der Waals surface area contributed by atoms with Crippen LogP contribution in [-0.4, -0.2) is 60.5 Å². The molecule has 0 saturated carbocycles. The van der Waals surface area contributed by atoms with Gasteiger partial charge in [-0.25, -0.2) is 0 Å². The average molecular weight is 272 g/mol. The lowest BCUT2D eigenvalue weighted by atomic mass is 9.82. The fourth-order valence-corrected chi connectivity index (χ4v) is 3.31. The summed E-state index contributed by atoms with van der Waals surface area (Å²) in [4.78, 5) is 2.19. The molecule has 1 saturated heterocycles. The highest BCUT2D eigenvalue weighted by atomic mass is 16.5. The SMILES string of the molecule is CCCNC1C(CN(C)CCO)C(C)(C)OC1(C)C. The largest absolute Gasteiger partial charge is 0.395 e. The number of aliphatic hydroxyl groups excluding tert-OH is 1. The molecule has 1 fully saturated rings. The Bertz CT molecular complexity index is 279. The zero-order valence-electron chi connectivity index (χ0n) is 13.5. The molecule has 2 N–H and O–H groups in total. The van der Waals surface area contributed by atoms with Gasteiger partial charge in [0.2, 0.25) is 0 Å². The fourth-order valence-electron chi connectivity index (χ4n) is 3.31. The van der Waals surface area contributed by atoms with Crippen LogP contribution >= 0.6 is 0 Å². The van der Waals surface area contributed by atoms with Crippen LogP contribution in [-0.2, 0) is 4.74 Å². The molecule has 4 heteroatoms. The molecule has 0 aromatic rings. The normalized spacial score (nSPS) is 29.1. The zero-order chi connectivity index (χ0) is 14.7. The number of likely N-dealkylation sites (N-methyl/N-ethyl adjacent to an activating group) is 1. The Hall–Kier alpha value is -0.160. The minimum absolute atomic E-state index is 0.140.